The van der Waals surface area contributed by atoms with Crippen molar-refractivity contribution in [2.45, 2.75) is 9.79 Å². The number of ether oxygens (including phenoxy) is 1. The number of nitrogens with one attached hydrogen (secondary N) is 1. The summed E-state index contributed by atoms with van der Waals surface area (Å²) in [5, 5.41) is 6.20. The van der Waals surface area contributed by atoms with Crippen molar-refractivity contribution in [2.24, 2.45) is 0 Å². The molecule has 4 heteroatoms. The van der Waals surface area contributed by atoms with Gasteiger partial charge in [0.2, 0.25) is 0 Å². The highest BCUT2D eigenvalue weighted by Crippen LogP contribution is 2.47. The molecule has 0 saturated heterocycles. The Hall–Kier alpha value is -2.95. The van der Waals surface area contributed by atoms with Crippen LogP contribution in [0.25, 0.3) is 20.2 Å². The Kier molecular flexibility index (Phi) is 3.61. The fraction of sp³-hybridized carbons (Fsp3) is 0. The van der Waals surface area contributed by atoms with E-state index in [2.05, 4.69) is 66.0 Å². The molecule has 1 aromatic heterocycles. The third-order valence-electron chi connectivity index (χ3n) is 4.90. The van der Waals surface area contributed by atoms with E-state index in [0.29, 0.717) is 0 Å². The minimum Gasteiger partial charge on any atom is -0.455 e. The molecule has 0 fully saturated rings. The summed E-state index contributed by atoms with van der Waals surface area (Å²) in [5.41, 5.74) is 2.16. The molecular weight excluding hydrogens is 382 g/mol. The van der Waals surface area contributed by atoms with Gasteiger partial charge in [-0.15, -0.1) is 11.3 Å². The number of hydrogen-bond acceptors (Lipinski definition) is 4. The van der Waals surface area contributed by atoms with E-state index in [1.54, 1.807) is 11.8 Å². The van der Waals surface area contributed by atoms with Gasteiger partial charge in [0.1, 0.15) is 11.5 Å². The van der Waals surface area contributed by atoms with Crippen LogP contribution in [0.1, 0.15) is 0 Å². The first kappa shape index (κ1) is 16.0. The van der Waals surface area contributed by atoms with Gasteiger partial charge in [-0.3, -0.25) is 0 Å². The van der Waals surface area contributed by atoms with Gasteiger partial charge < -0.3 is 10.1 Å². The molecule has 0 radical (unpaired) electrons. The lowest BCUT2D eigenvalue weighted by molar-refractivity contribution is 0.454. The molecule has 1 N–H and O–H groups in total. The van der Waals surface area contributed by atoms with E-state index < -0.39 is 0 Å². The minimum atomic E-state index is 0.911. The van der Waals surface area contributed by atoms with E-state index >= 15 is 0 Å². The van der Waals surface area contributed by atoms with Gasteiger partial charge in [-0.1, -0.05) is 48.2 Å². The maximum atomic E-state index is 6.03. The first-order valence-electron chi connectivity index (χ1n) is 9.11. The molecule has 5 aromatic rings. The van der Waals surface area contributed by atoms with Gasteiger partial charge in [-0.2, -0.15) is 0 Å². The fourth-order valence-corrected chi connectivity index (χ4v) is 5.71. The molecule has 4 aromatic carbocycles. The summed E-state index contributed by atoms with van der Waals surface area (Å²) in [5.74, 6) is 1.84. The lowest BCUT2D eigenvalue weighted by Gasteiger charge is -2.20. The van der Waals surface area contributed by atoms with Gasteiger partial charge >= 0.3 is 0 Å². The average molecular weight is 398 g/mol. The molecule has 134 valence electrons. The van der Waals surface area contributed by atoms with Gasteiger partial charge in [-0.05, 0) is 48.5 Å². The van der Waals surface area contributed by atoms with E-state index in [4.69, 9.17) is 4.74 Å². The van der Waals surface area contributed by atoms with E-state index in [9.17, 15) is 0 Å². The Morgan fingerprint density at radius 1 is 0.607 bits per heavy atom. The van der Waals surface area contributed by atoms with Crippen LogP contribution in [0.15, 0.2) is 94.7 Å². The van der Waals surface area contributed by atoms with Crippen molar-refractivity contribution < 1.29 is 4.74 Å². The molecule has 0 aliphatic carbocycles. The zero-order valence-corrected chi connectivity index (χ0v) is 16.4. The summed E-state index contributed by atoms with van der Waals surface area (Å²) in [6.07, 6.45) is 0. The molecule has 0 spiro atoms. The van der Waals surface area contributed by atoms with Crippen molar-refractivity contribution in [1.29, 1.82) is 0 Å². The second kappa shape index (κ2) is 6.30. The Labute approximate surface area is 170 Å². The maximum Gasteiger partial charge on any atom is 0.141 e. The summed E-state index contributed by atoms with van der Waals surface area (Å²) in [6.45, 7) is 0. The van der Waals surface area contributed by atoms with Crippen molar-refractivity contribution in [3.05, 3.63) is 84.9 Å². The smallest absolute Gasteiger partial charge is 0.141 e. The quantitative estimate of drug-likeness (QED) is 0.319. The summed E-state index contributed by atoms with van der Waals surface area (Å²) < 4.78 is 8.66. The highest BCUT2D eigenvalue weighted by Gasteiger charge is 2.17. The highest BCUT2D eigenvalue weighted by molar-refractivity contribution is 7.99. The first-order valence-corrected chi connectivity index (χ1v) is 10.7. The number of fused-ring (bicyclic) bond motifs is 5. The van der Waals surface area contributed by atoms with E-state index in [1.165, 1.54) is 20.2 Å². The van der Waals surface area contributed by atoms with Crippen molar-refractivity contribution in [3.8, 4) is 11.5 Å². The molecule has 0 amide bonds. The summed E-state index contributed by atoms with van der Waals surface area (Å²) in [7, 11) is 0. The SMILES string of the molecule is c1ccc2c(c1)Oc1ccc(Nc3ccc4c(c3)sc3ccccc34)cc1S2. The normalized spacial score (nSPS) is 12.4. The van der Waals surface area contributed by atoms with Crippen LogP contribution in [-0.2, 0) is 0 Å². The van der Waals surface area contributed by atoms with E-state index in [1.807, 2.05) is 35.6 Å². The number of hydrogen-bond donors (Lipinski definition) is 1. The summed E-state index contributed by atoms with van der Waals surface area (Å²) in [6, 6.07) is 29.6. The highest BCUT2D eigenvalue weighted by atomic mass is 32.2. The first-order chi connectivity index (χ1) is 13.8. The van der Waals surface area contributed by atoms with Crippen molar-refractivity contribution in [3.63, 3.8) is 0 Å². The number of thiophene rings is 1. The Morgan fingerprint density at radius 2 is 1.36 bits per heavy atom. The zero-order valence-electron chi connectivity index (χ0n) is 14.8. The van der Waals surface area contributed by atoms with Gasteiger partial charge in [-0.25, -0.2) is 0 Å². The monoisotopic (exact) mass is 397 g/mol. The van der Waals surface area contributed by atoms with Crippen LogP contribution < -0.4 is 10.1 Å². The molecular formula is C24H15NOS2. The predicted octanol–water partition coefficient (Wildman–Crippen LogP) is 8.06. The fourth-order valence-electron chi connectivity index (χ4n) is 3.58. The lowest BCUT2D eigenvalue weighted by Crippen LogP contribution is -1.96. The molecule has 0 saturated carbocycles. The summed E-state index contributed by atoms with van der Waals surface area (Å²) in [4.78, 5) is 2.28. The Balaban J connectivity index is 1.33. The van der Waals surface area contributed by atoms with Crippen LogP contribution in [0.5, 0.6) is 11.5 Å². The van der Waals surface area contributed by atoms with Gasteiger partial charge in [0.25, 0.3) is 0 Å². The van der Waals surface area contributed by atoms with Crippen molar-refractivity contribution in [2.75, 3.05) is 5.32 Å². The van der Waals surface area contributed by atoms with Gasteiger partial charge in [0, 0.05) is 31.5 Å². The van der Waals surface area contributed by atoms with Gasteiger partial charge in [0.15, 0.2) is 0 Å². The molecule has 0 unspecified atom stereocenters. The largest absolute Gasteiger partial charge is 0.455 e. The molecule has 0 bridgehead atoms. The van der Waals surface area contributed by atoms with Crippen LogP contribution in [0.3, 0.4) is 0 Å². The molecule has 0 atom stereocenters. The zero-order chi connectivity index (χ0) is 18.5. The second-order valence-electron chi connectivity index (χ2n) is 6.75. The van der Waals surface area contributed by atoms with Crippen LogP contribution >= 0.6 is 23.1 Å². The molecule has 6 rings (SSSR count). The van der Waals surface area contributed by atoms with Crippen molar-refractivity contribution >= 4 is 54.6 Å². The topological polar surface area (TPSA) is 21.3 Å². The van der Waals surface area contributed by atoms with E-state index in [-0.39, 0.29) is 0 Å². The Bertz CT molecular complexity index is 1360. The molecule has 2 heterocycles. The summed E-state index contributed by atoms with van der Waals surface area (Å²) >= 11 is 3.59. The molecule has 1 aliphatic heterocycles. The number of anilines is 2. The third kappa shape index (κ3) is 2.65. The number of para-hydroxylation sites is 1. The van der Waals surface area contributed by atoms with E-state index in [0.717, 1.165) is 32.7 Å². The average Bonchev–Trinajstić information content (AvgIpc) is 3.10. The standard InChI is InChI=1S/C24H15NOS2/c1-3-7-21-17(5-1)18-11-9-15(13-23(18)27-21)25-16-10-12-20-24(14-16)28-22-8-4-2-6-19(22)26-20/h1-14,25H. The van der Waals surface area contributed by atoms with Crippen molar-refractivity contribution in [1.82, 2.24) is 0 Å². The third-order valence-corrected chi connectivity index (χ3v) is 7.13. The van der Waals surface area contributed by atoms with Gasteiger partial charge in [0.05, 0.1) is 9.79 Å². The minimum absolute atomic E-state index is 0.911. The predicted molar refractivity (Wildman–Crippen MR) is 120 cm³/mol. The second-order valence-corrected chi connectivity index (χ2v) is 8.91. The molecule has 2 nitrogen and oxygen atoms in total. The van der Waals surface area contributed by atoms with Crippen LogP contribution in [-0.4, -0.2) is 0 Å². The Morgan fingerprint density at radius 3 is 2.36 bits per heavy atom. The van der Waals surface area contributed by atoms with Crippen LogP contribution in [0.4, 0.5) is 11.4 Å². The molecule has 1 aliphatic rings. The van der Waals surface area contributed by atoms with Crippen LogP contribution in [0.2, 0.25) is 0 Å². The van der Waals surface area contributed by atoms with Crippen LogP contribution in [0, 0.1) is 0 Å². The maximum absolute atomic E-state index is 6.03. The molecule has 28 heavy (non-hydrogen) atoms. The number of rotatable bonds is 2. The number of benzene rings is 4. The lowest BCUT2D eigenvalue weighted by atomic mass is 10.1.